The lowest BCUT2D eigenvalue weighted by Crippen LogP contribution is -2.39. The summed E-state index contributed by atoms with van der Waals surface area (Å²) in [6.07, 6.45) is 6.55. The lowest BCUT2D eigenvalue weighted by atomic mass is 9.93. The van der Waals surface area contributed by atoms with Gasteiger partial charge in [0.25, 0.3) is 0 Å². The summed E-state index contributed by atoms with van der Waals surface area (Å²) in [5.74, 6) is 1.02. The zero-order valence-electron chi connectivity index (χ0n) is 10.1. The number of hydrogen-bond donors (Lipinski definition) is 1. The fourth-order valence-corrected chi connectivity index (χ4v) is 2.86. The van der Waals surface area contributed by atoms with Crippen LogP contribution < -0.4 is 10.6 Å². The number of nitrogens with zero attached hydrogens (tertiary/aromatic N) is 2. The van der Waals surface area contributed by atoms with E-state index in [0.29, 0.717) is 0 Å². The average Bonchev–Trinajstić information content (AvgIpc) is 2.75. The summed E-state index contributed by atoms with van der Waals surface area (Å²) in [4.78, 5) is 6.69. The summed E-state index contributed by atoms with van der Waals surface area (Å²) in [5, 5.41) is 0. The Labute approximate surface area is 102 Å². The van der Waals surface area contributed by atoms with Crippen molar-refractivity contribution in [2.45, 2.75) is 31.3 Å². The summed E-state index contributed by atoms with van der Waals surface area (Å²) in [5.41, 5.74) is 6.47. The molecule has 1 aromatic rings. The summed E-state index contributed by atoms with van der Waals surface area (Å²) in [6.45, 7) is 2.93. The predicted octanol–water partition coefficient (Wildman–Crippen LogP) is 1.81. The number of rotatable bonds is 1. The summed E-state index contributed by atoms with van der Waals surface area (Å²) < 4.78 is 6.01. The fourth-order valence-electron chi connectivity index (χ4n) is 2.86. The maximum atomic E-state index is 6.01. The molecule has 0 radical (unpaired) electrons. The highest BCUT2D eigenvalue weighted by molar-refractivity contribution is 5.47. The van der Waals surface area contributed by atoms with Crippen molar-refractivity contribution in [3.8, 4) is 0 Å². The van der Waals surface area contributed by atoms with Crippen molar-refractivity contribution in [2.75, 3.05) is 30.3 Å². The Hall–Kier alpha value is -1.29. The van der Waals surface area contributed by atoms with Crippen LogP contribution in [0.3, 0.4) is 0 Å². The van der Waals surface area contributed by atoms with E-state index < -0.39 is 0 Å². The highest BCUT2D eigenvalue weighted by atomic mass is 16.5. The second kappa shape index (κ2) is 4.18. The Balaban J connectivity index is 1.72. The van der Waals surface area contributed by atoms with Crippen LogP contribution >= 0.6 is 0 Å². The van der Waals surface area contributed by atoms with Crippen LogP contribution in [0.4, 0.5) is 11.5 Å². The molecule has 1 atom stereocenters. The minimum absolute atomic E-state index is 0.0985. The Bertz CT molecular complexity index is 384. The first-order chi connectivity index (χ1) is 8.27. The molecule has 4 heteroatoms. The molecule has 0 unspecified atom stereocenters. The van der Waals surface area contributed by atoms with Gasteiger partial charge in [0.2, 0.25) is 0 Å². The fraction of sp³-hybridized carbons (Fsp3) is 0.615. The summed E-state index contributed by atoms with van der Waals surface area (Å²) >= 11 is 0. The SMILES string of the molecule is Nc1ccc(N2CC[C@]3(CCCCO3)C2)nc1. The second-order valence-electron chi connectivity index (χ2n) is 5.11. The molecule has 2 N–H and O–H groups in total. The monoisotopic (exact) mass is 233 g/mol. The van der Waals surface area contributed by atoms with E-state index in [1.165, 1.54) is 19.3 Å². The van der Waals surface area contributed by atoms with Crippen molar-refractivity contribution in [2.24, 2.45) is 0 Å². The molecule has 1 aromatic heterocycles. The molecule has 2 saturated heterocycles. The van der Waals surface area contributed by atoms with Gasteiger partial charge in [0.15, 0.2) is 0 Å². The van der Waals surface area contributed by atoms with Crippen molar-refractivity contribution >= 4 is 11.5 Å². The van der Waals surface area contributed by atoms with Gasteiger partial charge in [-0.25, -0.2) is 4.98 Å². The smallest absolute Gasteiger partial charge is 0.128 e. The number of ether oxygens (including phenoxy) is 1. The first-order valence-corrected chi connectivity index (χ1v) is 6.38. The van der Waals surface area contributed by atoms with Gasteiger partial charge in [-0.1, -0.05) is 0 Å². The Kier molecular flexibility index (Phi) is 2.67. The van der Waals surface area contributed by atoms with Gasteiger partial charge in [-0.05, 0) is 37.8 Å². The van der Waals surface area contributed by atoms with Gasteiger partial charge in [0.1, 0.15) is 5.82 Å². The van der Waals surface area contributed by atoms with Gasteiger partial charge in [-0.15, -0.1) is 0 Å². The zero-order valence-corrected chi connectivity index (χ0v) is 10.1. The molecule has 2 aliphatic rings. The van der Waals surface area contributed by atoms with E-state index in [1.54, 1.807) is 6.20 Å². The maximum absolute atomic E-state index is 6.01. The molecule has 1 spiro atoms. The van der Waals surface area contributed by atoms with E-state index in [9.17, 15) is 0 Å². The normalized spacial score (nSPS) is 28.8. The number of nitrogens with two attached hydrogens (primary N) is 1. The highest BCUT2D eigenvalue weighted by Crippen LogP contribution is 2.35. The van der Waals surface area contributed by atoms with Crippen LogP contribution in [0, 0.1) is 0 Å². The number of pyridine rings is 1. The van der Waals surface area contributed by atoms with E-state index in [4.69, 9.17) is 10.5 Å². The number of aromatic nitrogens is 1. The molecule has 4 nitrogen and oxygen atoms in total. The molecule has 92 valence electrons. The third-order valence-corrected chi connectivity index (χ3v) is 3.85. The van der Waals surface area contributed by atoms with Crippen LogP contribution in [-0.2, 0) is 4.74 Å². The second-order valence-corrected chi connectivity index (χ2v) is 5.11. The minimum Gasteiger partial charge on any atom is -0.397 e. The van der Waals surface area contributed by atoms with Gasteiger partial charge in [0.05, 0.1) is 17.5 Å². The maximum Gasteiger partial charge on any atom is 0.128 e. The van der Waals surface area contributed by atoms with Crippen LogP contribution in [0.1, 0.15) is 25.7 Å². The number of anilines is 2. The molecule has 17 heavy (non-hydrogen) atoms. The number of nitrogen functional groups attached to an aromatic ring is 1. The van der Waals surface area contributed by atoms with Crippen molar-refractivity contribution in [1.82, 2.24) is 4.98 Å². The molecular weight excluding hydrogens is 214 g/mol. The highest BCUT2D eigenvalue weighted by Gasteiger charge is 2.40. The number of hydrogen-bond acceptors (Lipinski definition) is 4. The molecule has 0 bridgehead atoms. The van der Waals surface area contributed by atoms with Crippen LogP contribution in [0.15, 0.2) is 18.3 Å². The molecule has 0 aromatic carbocycles. The van der Waals surface area contributed by atoms with Crippen molar-refractivity contribution in [3.63, 3.8) is 0 Å². The zero-order chi connectivity index (χ0) is 11.7. The van der Waals surface area contributed by atoms with Gasteiger partial charge in [0, 0.05) is 19.7 Å². The minimum atomic E-state index is 0.0985. The quantitative estimate of drug-likeness (QED) is 0.803. The standard InChI is InChI=1S/C13H19N3O/c14-11-3-4-12(15-9-11)16-7-6-13(10-16)5-1-2-8-17-13/h3-4,9H,1-2,5-8,10,14H2/t13-/m1/s1. The van der Waals surface area contributed by atoms with Crippen LogP contribution in [0.2, 0.25) is 0 Å². The molecule has 0 saturated carbocycles. The Morgan fingerprint density at radius 1 is 1.29 bits per heavy atom. The van der Waals surface area contributed by atoms with E-state index >= 15 is 0 Å². The summed E-state index contributed by atoms with van der Waals surface area (Å²) in [6, 6.07) is 3.91. The summed E-state index contributed by atoms with van der Waals surface area (Å²) in [7, 11) is 0. The van der Waals surface area contributed by atoms with Crippen molar-refractivity contribution in [3.05, 3.63) is 18.3 Å². The van der Waals surface area contributed by atoms with E-state index in [1.807, 2.05) is 12.1 Å². The molecular formula is C13H19N3O. The van der Waals surface area contributed by atoms with E-state index in [-0.39, 0.29) is 5.60 Å². The van der Waals surface area contributed by atoms with Crippen molar-refractivity contribution in [1.29, 1.82) is 0 Å². The van der Waals surface area contributed by atoms with Crippen LogP contribution in [0.25, 0.3) is 0 Å². The lowest BCUT2D eigenvalue weighted by Gasteiger charge is -2.33. The molecule has 0 aliphatic carbocycles. The van der Waals surface area contributed by atoms with Gasteiger partial charge < -0.3 is 15.4 Å². The Morgan fingerprint density at radius 2 is 2.24 bits per heavy atom. The molecule has 3 heterocycles. The molecule has 2 aliphatic heterocycles. The van der Waals surface area contributed by atoms with Crippen molar-refractivity contribution < 1.29 is 4.74 Å². The topological polar surface area (TPSA) is 51.4 Å². The van der Waals surface area contributed by atoms with Gasteiger partial charge >= 0.3 is 0 Å². The largest absolute Gasteiger partial charge is 0.397 e. The van der Waals surface area contributed by atoms with Gasteiger partial charge in [-0.2, -0.15) is 0 Å². The third-order valence-electron chi connectivity index (χ3n) is 3.85. The predicted molar refractivity (Wildman–Crippen MR) is 68.0 cm³/mol. The molecule has 2 fully saturated rings. The Morgan fingerprint density at radius 3 is 2.94 bits per heavy atom. The first kappa shape index (κ1) is 10.8. The molecule has 0 amide bonds. The lowest BCUT2D eigenvalue weighted by molar-refractivity contribution is -0.0622. The van der Waals surface area contributed by atoms with E-state index in [2.05, 4.69) is 9.88 Å². The average molecular weight is 233 g/mol. The van der Waals surface area contributed by atoms with Gasteiger partial charge in [-0.3, -0.25) is 0 Å². The van der Waals surface area contributed by atoms with E-state index in [0.717, 1.165) is 37.6 Å². The van der Waals surface area contributed by atoms with Crippen LogP contribution in [-0.4, -0.2) is 30.3 Å². The third kappa shape index (κ3) is 2.09. The molecule has 3 rings (SSSR count). The first-order valence-electron chi connectivity index (χ1n) is 6.38. The van der Waals surface area contributed by atoms with Crippen LogP contribution in [0.5, 0.6) is 0 Å².